The van der Waals surface area contributed by atoms with Gasteiger partial charge in [-0.05, 0) is 37.2 Å². The lowest BCUT2D eigenvalue weighted by Gasteiger charge is -2.32. The van der Waals surface area contributed by atoms with Gasteiger partial charge in [0.05, 0.1) is 19.3 Å². The third kappa shape index (κ3) is 4.64. The number of nitrogens with one attached hydrogen (secondary N) is 2. The Labute approximate surface area is 156 Å². The highest BCUT2D eigenvalue weighted by Crippen LogP contribution is 2.32. The number of carbonyl (C=O) groups is 1. The molecule has 3 unspecified atom stereocenters. The molecule has 5 heteroatoms. The number of carbonyl (C=O) groups excluding carboxylic acids is 1. The summed E-state index contributed by atoms with van der Waals surface area (Å²) >= 11 is 0. The van der Waals surface area contributed by atoms with Crippen LogP contribution < -0.4 is 10.6 Å². The zero-order valence-electron chi connectivity index (χ0n) is 15.5. The van der Waals surface area contributed by atoms with E-state index in [4.69, 9.17) is 4.74 Å². The third-order valence-corrected chi connectivity index (χ3v) is 6.13. The quantitative estimate of drug-likeness (QED) is 0.819. The Morgan fingerprint density at radius 2 is 1.85 bits per heavy atom. The first-order valence-electron chi connectivity index (χ1n) is 10.2. The molecule has 3 heterocycles. The number of hydrogen-bond acceptors (Lipinski definition) is 4. The number of morpholine rings is 1. The van der Waals surface area contributed by atoms with Crippen molar-refractivity contribution in [3.8, 4) is 0 Å². The Balaban J connectivity index is 1.36. The van der Waals surface area contributed by atoms with Crippen molar-refractivity contribution in [2.24, 2.45) is 5.92 Å². The smallest absolute Gasteiger partial charge is 0.220 e. The Morgan fingerprint density at radius 1 is 1.15 bits per heavy atom. The van der Waals surface area contributed by atoms with Crippen LogP contribution in [-0.2, 0) is 9.53 Å². The fraction of sp³-hybridized carbons (Fsp3) is 0.667. The van der Waals surface area contributed by atoms with Gasteiger partial charge in [0, 0.05) is 38.1 Å². The first-order valence-corrected chi connectivity index (χ1v) is 10.2. The highest BCUT2D eigenvalue weighted by molar-refractivity contribution is 5.76. The van der Waals surface area contributed by atoms with Gasteiger partial charge in [-0.3, -0.25) is 9.69 Å². The first-order chi connectivity index (χ1) is 12.8. The van der Waals surface area contributed by atoms with Gasteiger partial charge in [-0.1, -0.05) is 30.3 Å². The lowest BCUT2D eigenvalue weighted by atomic mass is 9.89. The van der Waals surface area contributed by atoms with Gasteiger partial charge < -0.3 is 15.4 Å². The van der Waals surface area contributed by atoms with Crippen LogP contribution in [0.2, 0.25) is 0 Å². The minimum atomic E-state index is 0.0558. The van der Waals surface area contributed by atoms with Gasteiger partial charge >= 0.3 is 0 Å². The van der Waals surface area contributed by atoms with E-state index in [0.717, 1.165) is 45.7 Å². The van der Waals surface area contributed by atoms with Crippen LogP contribution >= 0.6 is 0 Å². The van der Waals surface area contributed by atoms with Crippen molar-refractivity contribution >= 4 is 5.91 Å². The average Bonchev–Trinajstić information content (AvgIpc) is 3.01. The number of piperidine rings is 1. The van der Waals surface area contributed by atoms with Gasteiger partial charge in [0.25, 0.3) is 0 Å². The van der Waals surface area contributed by atoms with E-state index in [0.29, 0.717) is 24.4 Å². The number of hydrogen-bond donors (Lipinski definition) is 2. The van der Waals surface area contributed by atoms with E-state index in [9.17, 15) is 4.79 Å². The van der Waals surface area contributed by atoms with Crippen LogP contribution in [0.4, 0.5) is 0 Å². The number of rotatable bonds is 6. The second kappa shape index (κ2) is 8.51. The van der Waals surface area contributed by atoms with Crippen molar-refractivity contribution in [3.63, 3.8) is 0 Å². The van der Waals surface area contributed by atoms with Crippen molar-refractivity contribution in [2.75, 3.05) is 32.8 Å². The van der Waals surface area contributed by atoms with Crippen molar-refractivity contribution < 1.29 is 9.53 Å². The van der Waals surface area contributed by atoms with E-state index in [1.165, 1.54) is 18.4 Å². The zero-order valence-corrected chi connectivity index (χ0v) is 15.5. The van der Waals surface area contributed by atoms with Crippen LogP contribution in [0.1, 0.15) is 43.7 Å². The molecule has 2 bridgehead atoms. The molecular weight excluding hydrogens is 326 g/mol. The minimum Gasteiger partial charge on any atom is -0.379 e. The summed E-state index contributed by atoms with van der Waals surface area (Å²) in [5, 5.41) is 7.00. The molecule has 1 amide bonds. The van der Waals surface area contributed by atoms with E-state index in [1.54, 1.807) is 0 Å². The summed E-state index contributed by atoms with van der Waals surface area (Å²) in [6.45, 7) is 4.31. The van der Waals surface area contributed by atoms with E-state index in [2.05, 4.69) is 39.8 Å². The van der Waals surface area contributed by atoms with E-state index in [1.807, 2.05) is 6.07 Å². The number of nitrogens with zero attached hydrogens (tertiary/aromatic N) is 1. The predicted molar refractivity (Wildman–Crippen MR) is 102 cm³/mol. The summed E-state index contributed by atoms with van der Waals surface area (Å²) in [5.74, 6) is 0.743. The molecule has 0 aromatic heterocycles. The number of amides is 1. The molecule has 5 nitrogen and oxygen atoms in total. The van der Waals surface area contributed by atoms with E-state index >= 15 is 0 Å². The molecule has 3 saturated heterocycles. The largest absolute Gasteiger partial charge is 0.379 e. The minimum absolute atomic E-state index is 0.0558. The maximum atomic E-state index is 12.8. The van der Waals surface area contributed by atoms with Gasteiger partial charge in [0.2, 0.25) is 5.91 Å². The molecule has 0 spiro atoms. The van der Waals surface area contributed by atoms with Gasteiger partial charge in [0.1, 0.15) is 0 Å². The fourth-order valence-corrected chi connectivity index (χ4v) is 4.82. The van der Waals surface area contributed by atoms with Crippen LogP contribution in [-0.4, -0.2) is 55.7 Å². The molecular formula is C21H31N3O2. The molecule has 4 rings (SSSR count). The molecule has 0 saturated carbocycles. The summed E-state index contributed by atoms with van der Waals surface area (Å²) in [6, 6.07) is 11.7. The standard InChI is InChI=1S/C21H31N3O2/c25-21(14-16-12-18-6-7-19(13-16)22-18)23-20(17-4-2-1-3-5-17)15-24-8-10-26-11-9-24/h1-5,16,18-20,22H,6-15H2,(H,23,25). The SMILES string of the molecule is O=C(CC1CC2CCC(C1)N2)NC(CN1CCOCC1)c1ccccc1. The number of fused-ring (bicyclic) bond motifs is 2. The second-order valence-corrected chi connectivity index (χ2v) is 8.12. The molecule has 0 aliphatic carbocycles. The normalized spacial score (nSPS) is 30.1. The van der Waals surface area contributed by atoms with Gasteiger partial charge in [-0.15, -0.1) is 0 Å². The second-order valence-electron chi connectivity index (χ2n) is 8.12. The highest BCUT2D eigenvalue weighted by atomic mass is 16.5. The van der Waals surface area contributed by atoms with Gasteiger partial charge in [-0.2, -0.15) is 0 Å². The molecule has 1 aromatic rings. The average molecular weight is 357 g/mol. The van der Waals surface area contributed by atoms with Crippen LogP contribution in [0.15, 0.2) is 30.3 Å². The van der Waals surface area contributed by atoms with Crippen molar-refractivity contribution in [1.82, 2.24) is 15.5 Å². The van der Waals surface area contributed by atoms with Crippen LogP contribution in [0.3, 0.4) is 0 Å². The molecule has 3 fully saturated rings. The Morgan fingerprint density at radius 3 is 2.54 bits per heavy atom. The van der Waals surface area contributed by atoms with Crippen molar-refractivity contribution in [3.05, 3.63) is 35.9 Å². The summed E-state index contributed by atoms with van der Waals surface area (Å²) < 4.78 is 5.46. The predicted octanol–water partition coefficient (Wildman–Crippen LogP) is 2.10. The molecule has 26 heavy (non-hydrogen) atoms. The number of benzene rings is 1. The topological polar surface area (TPSA) is 53.6 Å². The highest BCUT2D eigenvalue weighted by Gasteiger charge is 2.34. The molecule has 2 N–H and O–H groups in total. The zero-order chi connectivity index (χ0) is 17.8. The number of ether oxygens (including phenoxy) is 1. The molecule has 3 atom stereocenters. The van der Waals surface area contributed by atoms with Gasteiger partial charge in [0.15, 0.2) is 0 Å². The molecule has 142 valence electrons. The first kappa shape index (κ1) is 18.0. The van der Waals surface area contributed by atoms with Gasteiger partial charge in [-0.25, -0.2) is 0 Å². The van der Waals surface area contributed by atoms with Crippen molar-refractivity contribution in [1.29, 1.82) is 0 Å². The Kier molecular flexibility index (Phi) is 5.88. The Bertz CT molecular complexity index is 576. The monoisotopic (exact) mass is 357 g/mol. The molecule has 0 radical (unpaired) electrons. The Hall–Kier alpha value is -1.43. The molecule has 3 aliphatic heterocycles. The van der Waals surface area contributed by atoms with Crippen molar-refractivity contribution in [2.45, 2.75) is 50.2 Å². The maximum Gasteiger partial charge on any atom is 0.220 e. The lowest BCUT2D eigenvalue weighted by molar-refractivity contribution is -0.123. The third-order valence-electron chi connectivity index (χ3n) is 6.13. The lowest BCUT2D eigenvalue weighted by Crippen LogP contribution is -2.44. The maximum absolute atomic E-state index is 12.8. The van der Waals surface area contributed by atoms with E-state index < -0.39 is 0 Å². The molecule has 3 aliphatic rings. The summed E-state index contributed by atoms with van der Waals surface area (Å²) in [5.41, 5.74) is 1.19. The summed E-state index contributed by atoms with van der Waals surface area (Å²) in [4.78, 5) is 15.2. The summed E-state index contributed by atoms with van der Waals surface area (Å²) in [6.07, 6.45) is 5.55. The van der Waals surface area contributed by atoms with Crippen LogP contribution in [0, 0.1) is 5.92 Å². The van der Waals surface area contributed by atoms with Crippen LogP contribution in [0.25, 0.3) is 0 Å². The summed E-state index contributed by atoms with van der Waals surface area (Å²) in [7, 11) is 0. The van der Waals surface area contributed by atoms with E-state index in [-0.39, 0.29) is 11.9 Å². The molecule has 1 aromatic carbocycles. The fourth-order valence-electron chi connectivity index (χ4n) is 4.82. The van der Waals surface area contributed by atoms with Crippen LogP contribution in [0.5, 0.6) is 0 Å².